The Morgan fingerprint density at radius 3 is 2.44 bits per heavy atom. The molecule has 2 rings (SSSR count). The molecule has 2 aromatic rings. The summed E-state index contributed by atoms with van der Waals surface area (Å²) in [5.74, 6) is 0. The third-order valence-corrected chi connectivity index (χ3v) is 3.53. The predicted octanol–water partition coefficient (Wildman–Crippen LogP) is 3.71. The van der Waals surface area contributed by atoms with Crippen molar-refractivity contribution in [2.24, 2.45) is 0 Å². The van der Waals surface area contributed by atoms with E-state index < -0.39 is 0 Å². The molecule has 0 bridgehead atoms. The quantitative estimate of drug-likeness (QED) is 0.839. The Kier molecular flexibility index (Phi) is 3.47. The third-order valence-electron chi connectivity index (χ3n) is 2.56. The van der Waals surface area contributed by atoms with Gasteiger partial charge in [-0.2, -0.15) is 0 Å². The summed E-state index contributed by atoms with van der Waals surface area (Å²) in [5, 5.41) is 9.93. The van der Waals surface area contributed by atoms with E-state index in [1.54, 1.807) is 11.3 Å². The van der Waals surface area contributed by atoms with E-state index >= 15 is 0 Å². The van der Waals surface area contributed by atoms with Gasteiger partial charge in [0.05, 0.1) is 5.00 Å². The van der Waals surface area contributed by atoms with Gasteiger partial charge in [0, 0.05) is 19.3 Å². The molecule has 1 heterocycles. The molecule has 0 atom stereocenters. The molecule has 84 valence electrons. The maximum Gasteiger partial charge on any atom is 0.0914 e. The highest BCUT2D eigenvalue weighted by molar-refractivity contribution is 7.14. The van der Waals surface area contributed by atoms with Gasteiger partial charge in [-0.15, -0.1) is 11.3 Å². The molecule has 0 saturated carbocycles. The molecule has 1 aromatic heterocycles. The zero-order chi connectivity index (χ0) is 11.4. The van der Waals surface area contributed by atoms with Crippen molar-refractivity contribution in [3.63, 3.8) is 0 Å². The van der Waals surface area contributed by atoms with Gasteiger partial charge < -0.3 is 10.6 Å². The summed E-state index contributed by atoms with van der Waals surface area (Å²) in [6.07, 6.45) is 0. The lowest BCUT2D eigenvalue weighted by molar-refractivity contribution is 1.15. The van der Waals surface area contributed by atoms with Crippen LogP contribution in [-0.4, -0.2) is 7.05 Å². The normalized spacial score (nSPS) is 10.1. The highest BCUT2D eigenvalue weighted by Gasteiger charge is 1.98. The Labute approximate surface area is 100 Å². The van der Waals surface area contributed by atoms with Gasteiger partial charge in [-0.25, -0.2) is 0 Å². The molecule has 2 nitrogen and oxygen atoms in total. The SMILES string of the molecule is CNc1ccc(CNc2sccc2C)cc1. The largest absolute Gasteiger partial charge is 0.388 e. The summed E-state index contributed by atoms with van der Waals surface area (Å²) in [6, 6.07) is 10.6. The van der Waals surface area contributed by atoms with Gasteiger partial charge >= 0.3 is 0 Å². The number of anilines is 2. The molecule has 16 heavy (non-hydrogen) atoms. The van der Waals surface area contributed by atoms with Gasteiger partial charge in [0.15, 0.2) is 0 Å². The lowest BCUT2D eigenvalue weighted by atomic mass is 10.2. The summed E-state index contributed by atoms with van der Waals surface area (Å²) in [7, 11) is 1.93. The highest BCUT2D eigenvalue weighted by Crippen LogP contribution is 2.22. The van der Waals surface area contributed by atoms with E-state index in [1.165, 1.54) is 16.1 Å². The fraction of sp³-hybridized carbons (Fsp3) is 0.231. The molecular formula is C13H16N2S. The molecule has 1 aromatic carbocycles. The number of benzene rings is 1. The lowest BCUT2D eigenvalue weighted by Gasteiger charge is -2.06. The topological polar surface area (TPSA) is 24.1 Å². The van der Waals surface area contributed by atoms with Crippen molar-refractivity contribution in [3.8, 4) is 0 Å². The number of rotatable bonds is 4. The zero-order valence-corrected chi connectivity index (χ0v) is 10.4. The molecule has 0 spiro atoms. The molecule has 0 amide bonds. The van der Waals surface area contributed by atoms with Crippen LogP contribution in [0.1, 0.15) is 11.1 Å². The zero-order valence-electron chi connectivity index (χ0n) is 9.58. The van der Waals surface area contributed by atoms with E-state index in [1.807, 2.05) is 7.05 Å². The van der Waals surface area contributed by atoms with Crippen molar-refractivity contribution in [3.05, 3.63) is 46.8 Å². The van der Waals surface area contributed by atoms with Crippen LogP contribution in [0.15, 0.2) is 35.7 Å². The predicted molar refractivity (Wildman–Crippen MR) is 72.4 cm³/mol. The number of thiophene rings is 1. The van der Waals surface area contributed by atoms with Gasteiger partial charge in [0.2, 0.25) is 0 Å². The number of hydrogen-bond donors (Lipinski definition) is 2. The van der Waals surface area contributed by atoms with Crippen LogP contribution in [0.3, 0.4) is 0 Å². The molecule has 0 aliphatic carbocycles. The maximum atomic E-state index is 3.44. The average Bonchev–Trinajstić information content (AvgIpc) is 2.73. The first kappa shape index (κ1) is 11.0. The second-order valence-corrected chi connectivity index (χ2v) is 4.65. The maximum absolute atomic E-state index is 3.44. The Hall–Kier alpha value is -1.48. The van der Waals surface area contributed by atoms with Crippen molar-refractivity contribution in [2.75, 3.05) is 17.7 Å². The molecule has 3 heteroatoms. The monoisotopic (exact) mass is 232 g/mol. The van der Waals surface area contributed by atoms with E-state index in [4.69, 9.17) is 0 Å². The van der Waals surface area contributed by atoms with Gasteiger partial charge in [-0.3, -0.25) is 0 Å². The van der Waals surface area contributed by atoms with E-state index in [0.29, 0.717) is 0 Å². The summed E-state index contributed by atoms with van der Waals surface area (Å²) < 4.78 is 0. The van der Waals surface area contributed by atoms with E-state index in [2.05, 4.69) is 53.3 Å². The minimum absolute atomic E-state index is 0.880. The van der Waals surface area contributed by atoms with Gasteiger partial charge in [-0.05, 0) is 41.6 Å². The smallest absolute Gasteiger partial charge is 0.0914 e. The second-order valence-electron chi connectivity index (χ2n) is 3.73. The first-order valence-electron chi connectivity index (χ1n) is 5.34. The van der Waals surface area contributed by atoms with Crippen molar-refractivity contribution in [1.29, 1.82) is 0 Å². The van der Waals surface area contributed by atoms with E-state index in [-0.39, 0.29) is 0 Å². The summed E-state index contributed by atoms with van der Waals surface area (Å²) >= 11 is 1.75. The molecule has 0 saturated heterocycles. The van der Waals surface area contributed by atoms with Crippen molar-refractivity contribution >= 4 is 22.0 Å². The Morgan fingerprint density at radius 2 is 1.88 bits per heavy atom. The van der Waals surface area contributed by atoms with Crippen molar-refractivity contribution < 1.29 is 0 Å². The summed E-state index contributed by atoms with van der Waals surface area (Å²) in [6.45, 7) is 3.01. The molecule has 0 unspecified atom stereocenters. The van der Waals surface area contributed by atoms with Crippen LogP contribution < -0.4 is 10.6 Å². The van der Waals surface area contributed by atoms with Crippen LogP contribution in [0.4, 0.5) is 10.7 Å². The van der Waals surface area contributed by atoms with Crippen molar-refractivity contribution in [1.82, 2.24) is 0 Å². The summed E-state index contributed by atoms with van der Waals surface area (Å²) in [5.41, 5.74) is 3.76. The van der Waals surface area contributed by atoms with Gasteiger partial charge in [-0.1, -0.05) is 12.1 Å². The Morgan fingerprint density at radius 1 is 1.12 bits per heavy atom. The number of aryl methyl sites for hydroxylation is 1. The number of hydrogen-bond acceptors (Lipinski definition) is 3. The van der Waals surface area contributed by atoms with E-state index in [0.717, 1.165) is 12.2 Å². The minimum Gasteiger partial charge on any atom is -0.388 e. The van der Waals surface area contributed by atoms with Crippen LogP contribution in [0.25, 0.3) is 0 Å². The van der Waals surface area contributed by atoms with Crippen LogP contribution >= 0.6 is 11.3 Å². The fourth-order valence-corrected chi connectivity index (χ4v) is 2.34. The number of nitrogens with one attached hydrogen (secondary N) is 2. The third kappa shape index (κ3) is 2.55. The Bertz CT molecular complexity index is 445. The standard InChI is InChI=1S/C13H16N2S/c1-10-7-8-16-13(10)15-9-11-3-5-12(14-2)6-4-11/h3-8,14-15H,9H2,1-2H3. The highest BCUT2D eigenvalue weighted by atomic mass is 32.1. The second kappa shape index (κ2) is 5.03. The first-order valence-corrected chi connectivity index (χ1v) is 6.22. The molecule has 0 fully saturated rings. The molecular weight excluding hydrogens is 216 g/mol. The fourth-order valence-electron chi connectivity index (χ4n) is 1.53. The van der Waals surface area contributed by atoms with E-state index in [9.17, 15) is 0 Å². The van der Waals surface area contributed by atoms with Crippen LogP contribution in [0, 0.1) is 6.92 Å². The molecule has 0 aliphatic heterocycles. The van der Waals surface area contributed by atoms with Crippen LogP contribution in [0.5, 0.6) is 0 Å². The summed E-state index contributed by atoms with van der Waals surface area (Å²) in [4.78, 5) is 0. The van der Waals surface area contributed by atoms with Crippen molar-refractivity contribution in [2.45, 2.75) is 13.5 Å². The van der Waals surface area contributed by atoms with Crippen LogP contribution in [0.2, 0.25) is 0 Å². The lowest BCUT2D eigenvalue weighted by Crippen LogP contribution is -1.98. The Balaban J connectivity index is 1.97. The minimum atomic E-state index is 0.880. The molecule has 0 radical (unpaired) electrons. The first-order chi connectivity index (χ1) is 7.79. The average molecular weight is 232 g/mol. The van der Waals surface area contributed by atoms with Crippen LogP contribution in [-0.2, 0) is 6.54 Å². The molecule has 0 aliphatic rings. The van der Waals surface area contributed by atoms with Gasteiger partial charge in [0.25, 0.3) is 0 Å². The molecule has 2 N–H and O–H groups in total. The van der Waals surface area contributed by atoms with Gasteiger partial charge in [0.1, 0.15) is 0 Å².